The van der Waals surface area contributed by atoms with Gasteiger partial charge in [0, 0.05) is 0 Å². The Kier molecular flexibility index (Phi) is 6.36. The van der Waals surface area contributed by atoms with Gasteiger partial charge in [0.05, 0.1) is 12.6 Å². The zero-order valence-electron chi connectivity index (χ0n) is 9.45. The molecule has 6 heteroatoms. The Balaban J connectivity index is 0.00000225. The molecule has 16 heavy (non-hydrogen) atoms. The van der Waals surface area contributed by atoms with E-state index in [9.17, 15) is 9.59 Å². The normalized spacial score (nSPS) is 18.1. The van der Waals surface area contributed by atoms with E-state index in [4.69, 9.17) is 5.73 Å². The van der Waals surface area contributed by atoms with Crippen molar-refractivity contribution in [2.45, 2.75) is 37.6 Å². The second kappa shape index (κ2) is 6.70. The third-order valence-corrected chi connectivity index (χ3v) is 2.82. The number of rotatable bonds is 3. The van der Waals surface area contributed by atoms with Gasteiger partial charge in [-0.2, -0.15) is 0 Å². The van der Waals surface area contributed by atoms with Crippen molar-refractivity contribution in [3.63, 3.8) is 0 Å². The fraction of sp³-hybridized carbons (Fsp3) is 0.800. The third-order valence-electron chi connectivity index (χ3n) is 2.82. The molecule has 0 aromatic rings. The van der Waals surface area contributed by atoms with E-state index >= 15 is 0 Å². The van der Waals surface area contributed by atoms with E-state index < -0.39 is 11.5 Å². The van der Waals surface area contributed by atoms with Crippen molar-refractivity contribution < 1.29 is 14.3 Å². The Hall–Kier alpha value is -0.810. The fourth-order valence-electron chi connectivity index (χ4n) is 1.81. The van der Waals surface area contributed by atoms with Crippen LogP contribution in [0.2, 0.25) is 0 Å². The lowest BCUT2D eigenvalue weighted by atomic mass is 9.82. The summed E-state index contributed by atoms with van der Waals surface area (Å²) in [4.78, 5) is 22.5. The lowest BCUT2D eigenvalue weighted by Crippen LogP contribution is -2.55. The van der Waals surface area contributed by atoms with Gasteiger partial charge in [-0.1, -0.05) is 19.3 Å². The van der Waals surface area contributed by atoms with Crippen LogP contribution in [0.1, 0.15) is 32.1 Å². The monoisotopic (exact) mass is 250 g/mol. The Bertz CT molecular complexity index is 252. The molecule has 3 N–H and O–H groups in total. The van der Waals surface area contributed by atoms with Crippen LogP contribution in [0.5, 0.6) is 0 Å². The van der Waals surface area contributed by atoms with Gasteiger partial charge in [-0.3, -0.25) is 9.59 Å². The van der Waals surface area contributed by atoms with Crippen molar-refractivity contribution in [3.05, 3.63) is 0 Å². The van der Waals surface area contributed by atoms with E-state index in [1.807, 2.05) is 0 Å². The van der Waals surface area contributed by atoms with Crippen LogP contribution < -0.4 is 11.1 Å². The largest absolute Gasteiger partial charge is 0.468 e. The molecule has 0 spiro atoms. The number of nitrogens with one attached hydrogen (secondary N) is 1. The van der Waals surface area contributed by atoms with Crippen molar-refractivity contribution >= 4 is 24.3 Å². The number of halogens is 1. The van der Waals surface area contributed by atoms with Crippen LogP contribution in [0.15, 0.2) is 0 Å². The van der Waals surface area contributed by atoms with E-state index in [-0.39, 0.29) is 24.9 Å². The molecule has 1 saturated carbocycles. The summed E-state index contributed by atoms with van der Waals surface area (Å²) in [7, 11) is 1.29. The second-order valence-electron chi connectivity index (χ2n) is 3.98. The Labute approximate surface area is 101 Å². The zero-order valence-corrected chi connectivity index (χ0v) is 10.3. The highest BCUT2D eigenvalue weighted by atomic mass is 35.5. The molecule has 5 nitrogen and oxygen atoms in total. The van der Waals surface area contributed by atoms with Crippen LogP contribution in [-0.2, 0) is 14.3 Å². The van der Waals surface area contributed by atoms with E-state index in [2.05, 4.69) is 10.1 Å². The van der Waals surface area contributed by atoms with Gasteiger partial charge in [0.1, 0.15) is 6.54 Å². The Morgan fingerprint density at radius 2 is 1.88 bits per heavy atom. The van der Waals surface area contributed by atoms with Gasteiger partial charge in [-0.05, 0) is 12.8 Å². The van der Waals surface area contributed by atoms with Crippen LogP contribution >= 0.6 is 12.4 Å². The summed E-state index contributed by atoms with van der Waals surface area (Å²) in [5.41, 5.74) is 5.18. The molecule has 0 aliphatic heterocycles. The summed E-state index contributed by atoms with van der Waals surface area (Å²) >= 11 is 0. The molecule has 0 heterocycles. The number of hydrogen-bond acceptors (Lipinski definition) is 4. The minimum absolute atomic E-state index is 0. The molecular weight excluding hydrogens is 232 g/mol. The van der Waals surface area contributed by atoms with Crippen LogP contribution in [0, 0.1) is 0 Å². The highest BCUT2D eigenvalue weighted by Crippen LogP contribution is 2.25. The van der Waals surface area contributed by atoms with Gasteiger partial charge in [-0.25, -0.2) is 0 Å². The Morgan fingerprint density at radius 1 is 1.31 bits per heavy atom. The van der Waals surface area contributed by atoms with Crippen molar-refractivity contribution in [2.24, 2.45) is 5.73 Å². The summed E-state index contributed by atoms with van der Waals surface area (Å²) in [5.74, 6) is -0.699. The standard InChI is InChI=1S/C10H18N2O3.ClH/c1-15-8(13)7-12-9(14)10(11)5-3-2-4-6-10;/h2-7,11H2,1H3,(H,12,14);1H. The van der Waals surface area contributed by atoms with Gasteiger partial charge in [0.15, 0.2) is 0 Å². The first-order valence-corrected chi connectivity index (χ1v) is 5.22. The zero-order chi connectivity index (χ0) is 11.3. The highest BCUT2D eigenvalue weighted by molar-refractivity contribution is 5.89. The first-order chi connectivity index (χ1) is 7.08. The molecule has 1 aliphatic rings. The number of methoxy groups -OCH3 is 1. The minimum Gasteiger partial charge on any atom is -0.468 e. The number of carbonyl (C=O) groups excluding carboxylic acids is 2. The van der Waals surface area contributed by atoms with Crippen molar-refractivity contribution in [1.29, 1.82) is 0 Å². The molecule has 94 valence electrons. The number of amides is 1. The molecule has 0 aromatic carbocycles. The van der Waals surface area contributed by atoms with Crippen molar-refractivity contribution in [3.8, 4) is 0 Å². The van der Waals surface area contributed by atoms with E-state index in [1.165, 1.54) is 7.11 Å². The summed E-state index contributed by atoms with van der Waals surface area (Å²) in [6.45, 7) is -0.103. The maximum Gasteiger partial charge on any atom is 0.325 e. The lowest BCUT2D eigenvalue weighted by Gasteiger charge is -2.31. The van der Waals surface area contributed by atoms with Crippen molar-refractivity contribution in [2.75, 3.05) is 13.7 Å². The average Bonchev–Trinajstić information content (AvgIpc) is 2.26. The molecule has 0 saturated heterocycles. The molecule has 1 aliphatic carbocycles. The summed E-state index contributed by atoms with van der Waals surface area (Å²) in [5, 5.41) is 2.51. The van der Waals surface area contributed by atoms with Crippen LogP contribution in [0.25, 0.3) is 0 Å². The minimum atomic E-state index is -0.785. The number of ether oxygens (including phenoxy) is 1. The van der Waals surface area contributed by atoms with Gasteiger partial charge in [0.2, 0.25) is 5.91 Å². The Morgan fingerprint density at radius 3 is 2.38 bits per heavy atom. The first-order valence-electron chi connectivity index (χ1n) is 5.22. The predicted molar refractivity (Wildman–Crippen MR) is 62.3 cm³/mol. The molecule has 0 unspecified atom stereocenters. The lowest BCUT2D eigenvalue weighted by molar-refractivity contribution is -0.142. The average molecular weight is 251 g/mol. The smallest absolute Gasteiger partial charge is 0.325 e. The third kappa shape index (κ3) is 3.98. The summed E-state index contributed by atoms with van der Waals surface area (Å²) in [6, 6.07) is 0. The number of carbonyl (C=O) groups is 2. The highest BCUT2D eigenvalue weighted by Gasteiger charge is 2.35. The van der Waals surface area contributed by atoms with E-state index in [1.54, 1.807) is 0 Å². The molecular formula is C10H19ClN2O3. The van der Waals surface area contributed by atoms with Crippen LogP contribution in [-0.4, -0.2) is 31.1 Å². The molecule has 1 amide bonds. The van der Waals surface area contributed by atoms with Crippen molar-refractivity contribution in [1.82, 2.24) is 5.32 Å². The van der Waals surface area contributed by atoms with Gasteiger partial charge in [0.25, 0.3) is 0 Å². The molecule has 0 radical (unpaired) electrons. The van der Waals surface area contributed by atoms with E-state index in [0.717, 1.165) is 19.3 Å². The molecule has 1 rings (SSSR count). The second-order valence-corrected chi connectivity index (χ2v) is 3.98. The maximum absolute atomic E-state index is 11.7. The molecule has 0 bridgehead atoms. The van der Waals surface area contributed by atoms with E-state index in [0.29, 0.717) is 12.8 Å². The maximum atomic E-state index is 11.7. The van der Waals surface area contributed by atoms with Gasteiger partial charge < -0.3 is 15.8 Å². The fourth-order valence-corrected chi connectivity index (χ4v) is 1.81. The van der Waals surface area contributed by atoms with Gasteiger partial charge in [-0.15, -0.1) is 12.4 Å². The summed E-state index contributed by atoms with van der Waals surface area (Å²) < 4.78 is 4.43. The topological polar surface area (TPSA) is 81.4 Å². The summed E-state index contributed by atoms with van der Waals surface area (Å²) in [6.07, 6.45) is 4.47. The number of hydrogen-bond donors (Lipinski definition) is 2. The van der Waals surface area contributed by atoms with Gasteiger partial charge >= 0.3 is 5.97 Å². The molecule has 0 atom stereocenters. The number of esters is 1. The molecule has 1 fully saturated rings. The van der Waals surface area contributed by atoms with Crippen LogP contribution in [0.4, 0.5) is 0 Å². The predicted octanol–water partition coefficient (Wildman–Crippen LogP) is 0.359. The number of nitrogens with two attached hydrogens (primary N) is 1. The SMILES string of the molecule is COC(=O)CNC(=O)C1(N)CCCCC1.Cl. The quantitative estimate of drug-likeness (QED) is 0.709. The van der Waals surface area contributed by atoms with Crippen LogP contribution in [0.3, 0.4) is 0 Å². The first kappa shape index (κ1) is 15.2. The molecule has 0 aromatic heterocycles.